The molecule has 0 radical (unpaired) electrons. The number of nitrogens with one attached hydrogen (secondary N) is 1. The van der Waals surface area contributed by atoms with Crippen LogP contribution in [-0.4, -0.2) is 0 Å². The summed E-state index contributed by atoms with van der Waals surface area (Å²) in [6.07, 6.45) is 2.16. The highest BCUT2D eigenvalue weighted by atomic mass is 19.1. The number of rotatable bonds is 5. The predicted molar refractivity (Wildman–Crippen MR) is 68.1 cm³/mol. The smallest absolute Gasteiger partial charge is 0.165 e. The van der Waals surface area contributed by atoms with E-state index in [-0.39, 0.29) is 17.2 Å². The highest BCUT2D eigenvalue weighted by Gasteiger charge is 2.10. The Morgan fingerprint density at radius 3 is 2.50 bits per heavy atom. The molecule has 0 aromatic heterocycles. The van der Waals surface area contributed by atoms with Crippen LogP contribution in [0.15, 0.2) is 49.0 Å². The van der Waals surface area contributed by atoms with Crippen LogP contribution in [0.25, 0.3) is 0 Å². The van der Waals surface area contributed by atoms with Gasteiger partial charge in [-0.15, -0.1) is 0 Å². The molecular formula is C13H14F2N2O. The minimum Gasteiger partial charge on any atom is -0.454 e. The van der Waals surface area contributed by atoms with Gasteiger partial charge in [-0.05, 0) is 30.7 Å². The molecule has 96 valence electrons. The molecule has 5 heteroatoms. The quantitative estimate of drug-likeness (QED) is 0.365. The number of anilines is 1. The fourth-order valence-electron chi connectivity index (χ4n) is 1.37. The van der Waals surface area contributed by atoms with Crippen molar-refractivity contribution in [3.63, 3.8) is 0 Å². The van der Waals surface area contributed by atoms with Gasteiger partial charge < -0.3 is 10.2 Å². The van der Waals surface area contributed by atoms with Crippen molar-refractivity contribution in [1.29, 1.82) is 0 Å². The maximum atomic E-state index is 13.6. The third-order valence-electron chi connectivity index (χ3n) is 2.23. The first-order valence-corrected chi connectivity index (χ1v) is 5.12. The second-order valence-electron chi connectivity index (χ2n) is 3.46. The summed E-state index contributed by atoms with van der Waals surface area (Å²) in [4.78, 5) is 0. The van der Waals surface area contributed by atoms with Crippen LogP contribution in [-0.2, 0) is 0 Å². The van der Waals surface area contributed by atoms with E-state index < -0.39 is 11.6 Å². The Kier molecular flexibility index (Phi) is 4.62. The third-order valence-corrected chi connectivity index (χ3v) is 2.23. The van der Waals surface area contributed by atoms with Gasteiger partial charge in [0.15, 0.2) is 17.4 Å². The van der Waals surface area contributed by atoms with E-state index in [1.807, 2.05) is 0 Å². The maximum Gasteiger partial charge on any atom is 0.165 e. The second-order valence-corrected chi connectivity index (χ2v) is 3.46. The van der Waals surface area contributed by atoms with Crippen LogP contribution < -0.4 is 16.0 Å². The summed E-state index contributed by atoms with van der Waals surface area (Å²) >= 11 is 0. The molecule has 0 aliphatic heterocycles. The Hall–Kier alpha value is -2.14. The van der Waals surface area contributed by atoms with E-state index in [9.17, 15) is 8.78 Å². The standard InChI is InChI=1S/C13H14F2N2O/c1-4-10(14)12(5-2)18-9-6-8(3)13(17-16)11(15)7-9/h4-7,17H,1-2,16H2,3H3/b12-10-. The lowest BCUT2D eigenvalue weighted by Crippen LogP contribution is -2.10. The molecule has 0 heterocycles. The Labute approximate surface area is 104 Å². The molecule has 0 aliphatic carbocycles. The van der Waals surface area contributed by atoms with Crippen molar-refractivity contribution < 1.29 is 13.5 Å². The van der Waals surface area contributed by atoms with Gasteiger partial charge in [0, 0.05) is 6.07 Å². The summed E-state index contributed by atoms with van der Waals surface area (Å²) in [6, 6.07) is 2.63. The van der Waals surface area contributed by atoms with E-state index >= 15 is 0 Å². The first-order valence-electron chi connectivity index (χ1n) is 5.12. The summed E-state index contributed by atoms with van der Waals surface area (Å²) in [6.45, 7) is 8.33. The van der Waals surface area contributed by atoms with E-state index in [0.29, 0.717) is 5.56 Å². The minimum atomic E-state index is -0.677. The third kappa shape index (κ3) is 2.95. The Morgan fingerprint density at radius 2 is 2.06 bits per heavy atom. The van der Waals surface area contributed by atoms with Crippen LogP contribution in [0.2, 0.25) is 0 Å². The SMILES string of the molecule is C=C/C(F)=C(\C=C)Oc1cc(C)c(NN)c(F)c1. The zero-order valence-electron chi connectivity index (χ0n) is 9.97. The number of ether oxygens (including phenoxy) is 1. The summed E-state index contributed by atoms with van der Waals surface area (Å²) in [7, 11) is 0. The van der Waals surface area contributed by atoms with Crippen molar-refractivity contribution in [2.24, 2.45) is 5.84 Å². The summed E-state index contributed by atoms with van der Waals surface area (Å²) in [5, 5.41) is 0. The van der Waals surface area contributed by atoms with Gasteiger partial charge in [-0.25, -0.2) is 8.78 Å². The largest absolute Gasteiger partial charge is 0.454 e. The normalized spacial score (nSPS) is 11.6. The predicted octanol–water partition coefficient (Wildman–Crippen LogP) is 3.35. The lowest BCUT2D eigenvalue weighted by molar-refractivity contribution is 0.416. The number of nitrogens with two attached hydrogens (primary N) is 1. The van der Waals surface area contributed by atoms with Crippen LogP contribution >= 0.6 is 0 Å². The fraction of sp³-hybridized carbons (Fsp3) is 0.0769. The topological polar surface area (TPSA) is 47.3 Å². The van der Waals surface area contributed by atoms with Crippen molar-refractivity contribution >= 4 is 5.69 Å². The summed E-state index contributed by atoms with van der Waals surface area (Å²) < 4.78 is 32.0. The first-order chi connectivity index (χ1) is 8.53. The Bertz CT molecular complexity index is 487. The van der Waals surface area contributed by atoms with Crippen LogP contribution in [0.1, 0.15) is 5.56 Å². The number of hydrazine groups is 1. The van der Waals surface area contributed by atoms with Crippen molar-refractivity contribution in [3.05, 3.63) is 60.4 Å². The Balaban J connectivity index is 3.13. The molecule has 0 bridgehead atoms. The number of halogens is 2. The van der Waals surface area contributed by atoms with E-state index in [1.165, 1.54) is 12.1 Å². The number of benzene rings is 1. The lowest BCUT2D eigenvalue weighted by Gasteiger charge is -2.11. The number of hydrogen-bond donors (Lipinski definition) is 2. The molecule has 0 fully saturated rings. The molecule has 18 heavy (non-hydrogen) atoms. The summed E-state index contributed by atoms with van der Waals surface area (Å²) in [5.41, 5.74) is 2.94. The van der Waals surface area contributed by atoms with Gasteiger partial charge in [0.2, 0.25) is 0 Å². The molecule has 1 aromatic rings. The molecule has 0 atom stereocenters. The average molecular weight is 252 g/mol. The molecule has 3 nitrogen and oxygen atoms in total. The van der Waals surface area contributed by atoms with Crippen LogP contribution in [0.4, 0.5) is 14.5 Å². The molecule has 0 spiro atoms. The monoisotopic (exact) mass is 252 g/mol. The lowest BCUT2D eigenvalue weighted by atomic mass is 10.2. The zero-order chi connectivity index (χ0) is 13.7. The van der Waals surface area contributed by atoms with Gasteiger partial charge in [-0.2, -0.15) is 0 Å². The molecule has 1 aromatic carbocycles. The first kappa shape index (κ1) is 13.9. The van der Waals surface area contributed by atoms with E-state index in [0.717, 1.165) is 12.1 Å². The number of hydrogen-bond acceptors (Lipinski definition) is 3. The van der Waals surface area contributed by atoms with Crippen molar-refractivity contribution in [2.45, 2.75) is 6.92 Å². The van der Waals surface area contributed by atoms with Crippen molar-refractivity contribution in [3.8, 4) is 5.75 Å². The molecule has 0 saturated carbocycles. The van der Waals surface area contributed by atoms with E-state index in [4.69, 9.17) is 10.6 Å². The van der Waals surface area contributed by atoms with Gasteiger partial charge in [-0.1, -0.05) is 13.2 Å². The van der Waals surface area contributed by atoms with Crippen LogP contribution in [0, 0.1) is 12.7 Å². The number of aryl methyl sites for hydroxylation is 1. The van der Waals surface area contributed by atoms with Crippen LogP contribution in [0.3, 0.4) is 0 Å². The average Bonchev–Trinajstić information content (AvgIpc) is 2.34. The van der Waals surface area contributed by atoms with Gasteiger partial charge in [-0.3, -0.25) is 5.84 Å². The molecule has 0 saturated heterocycles. The highest BCUT2D eigenvalue weighted by Crippen LogP contribution is 2.26. The van der Waals surface area contributed by atoms with Crippen LogP contribution in [0.5, 0.6) is 5.75 Å². The zero-order valence-corrected chi connectivity index (χ0v) is 9.97. The van der Waals surface area contributed by atoms with Gasteiger partial charge >= 0.3 is 0 Å². The number of nitrogen functional groups attached to an aromatic ring is 1. The number of allylic oxidation sites excluding steroid dienone is 3. The summed E-state index contributed by atoms with van der Waals surface area (Å²) in [5.74, 6) is 3.93. The fourth-order valence-corrected chi connectivity index (χ4v) is 1.37. The second kappa shape index (κ2) is 5.97. The highest BCUT2D eigenvalue weighted by molar-refractivity contribution is 5.54. The maximum absolute atomic E-state index is 13.6. The molecule has 1 rings (SSSR count). The molecule has 0 amide bonds. The van der Waals surface area contributed by atoms with E-state index in [1.54, 1.807) is 6.92 Å². The molecule has 0 aliphatic rings. The van der Waals surface area contributed by atoms with E-state index in [2.05, 4.69) is 18.6 Å². The van der Waals surface area contributed by atoms with Crippen molar-refractivity contribution in [1.82, 2.24) is 0 Å². The van der Waals surface area contributed by atoms with Crippen molar-refractivity contribution in [2.75, 3.05) is 5.43 Å². The molecule has 0 unspecified atom stereocenters. The van der Waals surface area contributed by atoms with Gasteiger partial charge in [0.25, 0.3) is 0 Å². The molecular weight excluding hydrogens is 238 g/mol. The van der Waals surface area contributed by atoms with Gasteiger partial charge in [0.1, 0.15) is 5.75 Å². The minimum absolute atomic E-state index is 0.128. The van der Waals surface area contributed by atoms with Gasteiger partial charge in [0.05, 0.1) is 5.69 Å². The molecule has 3 N–H and O–H groups in total. The Morgan fingerprint density at radius 1 is 1.39 bits per heavy atom.